The molecule has 1 heterocycles. The van der Waals surface area contributed by atoms with Crippen LogP contribution in [0, 0.1) is 5.82 Å². The standard InChI is InChI=1S/C13H14F4N6O3S/c1-27(24,25)20-5-4-19-12-10(22-26-23-12)11(18)21-7-2-3-9(14)8(6-7)13(15,16)17/h2-3,6,20H,4-5H2,1H3,(H2,18,21)(H,19,23). The summed E-state index contributed by atoms with van der Waals surface area (Å²) in [6, 6.07) is 2.12. The van der Waals surface area contributed by atoms with Gasteiger partial charge in [-0.2, -0.15) is 13.2 Å². The van der Waals surface area contributed by atoms with Crippen LogP contribution < -0.4 is 15.8 Å². The number of nitrogens with zero attached hydrogens (tertiary/aromatic N) is 3. The summed E-state index contributed by atoms with van der Waals surface area (Å²) in [5, 5.41) is 9.68. The number of aliphatic imine (C=N–C) groups is 1. The van der Waals surface area contributed by atoms with Crippen LogP contribution >= 0.6 is 0 Å². The number of nitrogens with one attached hydrogen (secondary N) is 2. The highest BCUT2D eigenvalue weighted by Gasteiger charge is 2.34. The molecule has 0 bridgehead atoms. The lowest BCUT2D eigenvalue weighted by molar-refractivity contribution is -0.139. The number of hydrogen-bond acceptors (Lipinski definition) is 7. The number of alkyl halides is 3. The molecule has 0 aliphatic carbocycles. The van der Waals surface area contributed by atoms with Crippen molar-refractivity contribution in [3.8, 4) is 0 Å². The maximum absolute atomic E-state index is 13.3. The Hall–Kier alpha value is -2.74. The first-order chi connectivity index (χ1) is 12.5. The lowest BCUT2D eigenvalue weighted by Gasteiger charge is -2.08. The van der Waals surface area contributed by atoms with Crippen molar-refractivity contribution in [3.05, 3.63) is 35.3 Å². The highest BCUT2D eigenvalue weighted by atomic mass is 32.2. The smallest absolute Gasteiger partial charge is 0.382 e. The van der Waals surface area contributed by atoms with Crippen LogP contribution in [-0.4, -0.2) is 43.9 Å². The van der Waals surface area contributed by atoms with Gasteiger partial charge in [0.2, 0.25) is 15.8 Å². The fraction of sp³-hybridized carbons (Fsp3) is 0.308. The van der Waals surface area contributed by atoms with Gasteiger partial charge in [0, 0.05) is 13.1 Å². The van der Waals surface area contributed by atoms with Crippen LogP contribution in [0.5, 0.6) is 0 Å². The van der Waals surface area contributed by atoms with Crippen molar-refractivity contribution in [2.45, 2.75) is 6.18 Å². The molecule has 0 saturated heterocycles. The summed E-state index contributed by atoms with van der Waals surface area (Å²) in [6.07, 6.45) is -3.90. The van der Waals surface area contributed by atoms with E-state index in [0.29, 0.717) is 12.1 Å². The van der Waals surface area contributed by atoms with Gasteiger partial charge in [0.25, 0.3) is 0 Å². The van der Waals surface area contributed by atoms with Gasteiger partial charge in [-0.15, -0.1) is 0 Å². The minimum atomic E-state index is -4.89. The van der Waals surface area contributed by atoms with Crippen molar-refractivity contribution in [1.82, 2.24) is 15.0 Å². The van der Waals surface area contributed by atoms with Crippen molar-refractivity contribution in [2.75, 3.05) is 24.7 Å². The third-order valence-corrected chi connectivity index (χ3v) is 3.75. The van der Waals surface area contributed by atoms with Crippen molar-refractivity contribution in [2.24, 2.45) is 10.7 Å². The van der Waals surface area contributed by atoms with Crippen LogP contribution in [0.3, 0.4) is 0 Å². The van der Waals surface area contributed by atoms with Crippen LogP contribution in [0.2, 0.25) is 0 Å². The van der Waals surface area contributed by atoms with E-state index in [1.807, 2.05) is 0 Å². The van der Waals surface area contributed by atoms with Gasteiger partial charge < -0.3 is 11.1 Å². The molecule has 4 N–H and O–H groups in total. The quantitative estimate of drug-likeness (QED) is 0.270. The summed E-state index contributed by atoms with van der Waals surface area (Å²) in [5.74, 6) is -1.77. The predicted octanol–water partition coefficient (Wildman–Crippen LogP) is 1.23. The predicted molar refractivity (Wildman–Crippen MR) is 87.4 cm³/mol. The van der Waals surface area contributed by atoms with E-state index >= 15 is 0 Å². The summed E-state index contributed by atoms with van der Waals surface area (Å²) in [5.41, 5.74) is 3.86. The Morgan fingerprint density at radius 1 is 1.30 bits per heavy atom. The van der Waals surface area contributed by atoms with Gasteiger partial charge in [0.15, 0.2) is 11.5 Å². The minimum Gasteiger partial charge on any atom is -0.382 e. The Morgan fingerprint density at radius 2 is 2.00 bits per heavy atom. The molecule has 148 valence electrons. The van der Waals surface area contributed by atoms with Crippen molar-refractivity contribution < 1.29 is 30.6 Å². The number of aromatic nitrogens is 2. The lowest BCUT2D eigenvalue weighted by Crippen LogP contribution is -2.28. The summed E-state index contributed by atoms with van der Waals surface area (Å²) in [6.45, 7) is 0.116. The maximum Gasteiger partial charge on any atom is 0.419 e. The van der Waals surface area contributed by atoms with E-state index in [2.05, 4.69) is 30.0 Å². The lowest BCUT2D eigenvalue weighted by atomic mass is 10.2. The Balaban J connectivity index is 2.17. The topological polar surface area (TPSA) is 136 Å². The summed E-state index contributed by atoms with van der Waals surface area (Å²) in [7, 11) is -3.37. The Labute approximate surface area is 150 Å². The maximum atomic E-state index is 13.3. The van der Waals surface area contributed by atoms with E-state index in [1.54, 1.807) is 0 Å². The third-order valence-electron chi connectivity index (χ3n) is 3.02. The second-order valence-electron chi connectivity index (χ2n) is 5.21. The SMILES string of the molecule is CS(=O)(=O)NCCNc1nonc1C(N)=Nc1ccc(F)c(C(F)(F)F)c1. The Bertz CT molecular complexity index is 942. The molecule has 9 nitrogen and oxygen atoms in total. The van der Waals surface area contributed by atoms with Gasteiger partial charge in [0.05, 0.1) is 17.5 Å². The molecule has 0 radical (unpaired) electrons. The molecule has 2 aromatic rings. The number of amidine groups is 1. The van der Waals surface area contributed by atoms with Gasteiger partial charge in [-0.25, -0.2) is 27.2 Å². The average Bonchev–Trinajstić information content (AvgIpc) is 3.00. The van der Waals surface area contributed by atoms with E-state index in [-0.39, 0.29) is 36.1 Å². The number of nitrogens with two attached hydrogens (primary N) is 1. The van der Waals surface area contributed by atoms with E-state index < -0.39 is 27.6 Å². The monoisotopic (exact) mass is 410 g/mol. The minimum absolute atomic E-state index is 0.00436. The van der Waals surface area contributed by atoms with Crippen molar-refractivity contribution in [1.29, 1.82) is 0 Å². The van der Waals surface area contributed by atoms with Crippen LogP contribution in [-0.2, 0) is 16.2 Å². The molecule has 0 unspecified atom stereocenters. The Kier molecular flexibility index (Phi) is 6.00. The molecule has 0 atom stereocenters. The molecule has 0 saturated carbocycles. The van der Waals surface area contributed by atoms with Gasteiger partial charge in [-0.05, 0) is 28.5 Å². The van der Waals surface area contributed by atoms with Crippen LogP contribution in [0.1, 0.15) is 11.3 Å². The van der Waals surface area contributed by atoms with Crippen molar-refractivity contribution in [3.63, 3.8) is 0 Å². The number of sulfonamides is 1. The highest BCUT2D eigenvalue weighted by Crippen LogP contribution is 2.33. The number of rotatable bonds is 7. The third kappa shape index (κ3) is 5.89. The average molecular weight is 410 g/mol. The molecule has 2 rings (SSSR count). The normalized spacial score (nSPS) is 13.0. The van der Waals surface area contributed by atoms with E-state index in [1.165, 1.54) is 0 Å². The molecule has 0 fully saturated rings. The first kappa shape index (κ1) is 20.6. The summed E-state index contributed by atoms with van der Waals surface area (Å²) >= 11 is 0. The molecule has 1 aromatic carbocycles. The second-order valence-corrected chi connectivity index (χ2v) is 7.05. The fourth-order valence-electron chi connectivity index (χ4n) is 1.88. The number of halogens is 4. The van der Waals surface area contributed by atoms with E-state index in [4.69, 9.17) is 5.73 Å². The molecular weight excluding hydrogens is 396 g/mol. The van der Waals surface area contributed by atoms with Crippen LogP contribution in [0.25, 0.3) is 0 Å². The highest BCUT2D eigenvalue weighted by molar-refractivity contribution is 7.88. The van der Waals surface area contributed by atoms with Gasteiger partial charge in [0.1, 0.15) is 5.82 Å². The van der Waals surface area contributed by atoms with Crippen LogP contribution in [0.4, 0.5) is 29.1 Å². The molecular formula is C13H14F4N6O3S. The summed E-state index contributed by atoms with van der Waals surface area (Å²) < 4.78 is 80.2. The van der Waals surface area contributed by atoms with E-state index in [0.717, 1.165) is 12.3 Å². The zero-order valence-corrected chi connectivity index (χ0v) is 14.5. The first-order valence-electron chi connectivity index (χ1n) is 7.20. The second kappa shape index (κ2) is 7.87. The van der Waals surface area contributed by atoms with Crippen molar-refractivity contribution >= 4 is 27.4 Å². The molecule has 1 aromatic heterocycles. The Morgan fingerprint density at radius 3 is 2.63 bits per heavy atom. The number of benzene rings is 1. The molecule has 0 amide bonds. The fourth-order valence-corrected chi connectivity index (χ4v) is 2.35. The van der Waals surface area contributed by atoms with Gasteiger partial charge >= 0.3 is 6.18 Å². The number of hydrogen-bond donors (Lipinski definition) is 3. The molecule has 14 heteroatoms. The molecule has 27 heavy (non-hydrogen) atoms. The molecule has 0 aliphatic rings. The molecule has 0 spiro atoms. The number of anilines is 1. The van der Waals surface area contributed by atoms with Gasteiger partial charge in [-0.1, -0.05) is 0 Å². The van der Waals surface area contributed by atoms with Gasteiger partial charge in [-0.3, -0.25) is 0 Å². The largest absolute Gasteiger partial charge is 0.419 e. The zero-order chi connectivity index (χ0) is 20.2. The summed E-state index contributed by atoms with van der Waals surface area (Å²) in [4.78, 5) is 3.76. The molecule has 0 aliphatic heterocycles. The van der Waals surface area contributed by atoms with Crippen LogP contribution in [0.15, 0.2) is 27.8 Å². The first-order valence-corrected chi connectivity index (χ1v) is 9.09. The zero-order valence-electron chi connectivity index (χ0n) is 13.7. The van der Waals surface area contributed by atoms with E-state index in [9.17, 15) is 26.0 Å².